The van der Waals surface area contributed by atoms with Gasteiger partial charge in [-0.1, -0.05) is 60.6 Å². The van der Waals surface area contributed by atoms with Gasteiger partial charge >= 0.3 is 0 Å². The summed E-state index contributed by atoms with van der Waals surface area (Å²) in [5.41, 5.74) is 3.23. The molecule has 0 N–H and O–H groups in total. The molecule has 0 atom stereocenters. The van der Waals surface area contributed by atoms with E-state index in [1.807, 2.05) is 60.0 Å². The quantitative estimate of drug-likeness (QED) is 0.346. The molecular weight excluding hydrogens is 478 g/mol. The largest absolute Gasteiger partial charge is 0.305 e. The number of aromatic nitrogens is 1. The molecule has 6 nitrogen and oxygen atoms in total. The Bertz CT molecular complexity index is 1580. The number of hydrogen-bond acceptors (Lipinski definition) is 4. The average molecular weight is 504 g/mol. The van der Waals surface area contributed by atoms with Crippen LogP contribution in [0.15, 0.2) is 82.7 Å². The van der Waals surface area contributed by atoms with E-state index in [-0.39, 0.29) is 11.4 Å². The van der Waals surface area contributed by atoms with Gasteiger partial charge in [0.1, 0.15) is 0 Å². The van der Waals surface area contributed by atoms with Crippen molar-refractivity contribution in [3.8, 4) is 12.3 Å². The molecule has 0 bridgehead atoms. The zero-order valence-corrected chi connectivity index (χ0v) is 21.1. The number of nitrogens with zero attached hydrogens (tertiary/aromatic N) is 3. The van der Waals surface area contributed by atoms with E-state index in [1.54, 1.807) is 6.92 Å². The fourth-order valence-corrected chi connectivity index (χ4v) is 6.30. The summed E-state index contributed by atoms with van der Waals surface area (Å²) in [6.45, 7) is 4.70. The highest BCUT2D eigenvalue weighted by molar-refractivity contribution is 7.89. The lowest BCUT2D eigenvalue weighted by Crippen LogP contribution is -2.30. The predicted molar refractivity (Wildman–Crippen MR) is 139 cm³/mol. The molecule has 35 heavy (non-hydrogen) atoms. The Morgan fingerprint density at radius 2 is 1.80 bits per heavy atom. The maximum Gasteiger partial charge on any atom is 0.279 e. The van der Waals surface area contributed by atoms with Crippen molar-refractivity contribution >= 4 is 37.5 Å². The van der Waals surface area contributed by atoms with E-state index in [0.29, 0.717) is 23.5 Å². The topological polar surface area (TPSA) is 71.7 Å². The van der Waals surface area contributed by atoms with Crippen molar-refractivity contribution in [3.05, 3.63) is 94.3 Å². The van der Waals surface area contributed by atoms with Crippen LogP contribution in [0.2, 0.25) is 0 Å². The van der Waals surface area contributed by atoms with Crippen molar-refractivity contribution in [1.29, 1.82) is 0 Å². The first-order chi connectivity index (χ1) is 16.8. The highest BCUT2D eigenvalue weighted by atomic mass is 32.2. The summed E-state index contributed by atoms with van der Waals surface area (Å²) in [6.07, 6.45) is 5.54. The molecule has 0 unspecified atom stereocenters. The summed E-state index contributed by atoms with van der Waals surface area (Å²) in [5, 5.41) is 0. The summed E-state index contributed by atoms with van der Waals surface area (Å²) in [4.78, 5) is 17.9. The number of fused-ring (bicyclic) bond motifs is 1. The molecule has 0 saturated heterocycles. The molecule has 178 valence electrons. The highest BCUT2D eigenvalue weighted by Gasteiger charge is 2.23. The van der Waals surface area contributed by atoms with Crippen molar-refractivity contribution in [2.45, 2.75) is 31.8 Å². The molecule has 1 heterocycles. The Kier molecular flexibility index (Phi) is 7.31. The molecule has 8 heteroatoms. The number of amides is 1. The van der Waals surface area contributed by atoms with Gasteiger partial charge in [0.05, 0.1) is 21.7 Å². The van der Waals surface area contributed by atoms with Crippen LogP contribution in [0.25, 0.3) is 10.2 Å². The van der Waals surface area contributed by atoms with Crippen LogP contribution in [-0.4, -0.2) is 29.7 Å². The molecule has 1 aromatic heterocycles. The zero-order valence-electron chi connectivity index (χ0n) is 19.5. The fraction of sp³-hybridized carbons (Fsp3) is 0.185. The average Bonchev–Trinajstić information content (AvgIpc) is 3.19. The molecule has 4 rings (SSSR count). The second-order valence-electron chi connectivity index (χ2n) is 8.00. The summed E-state index contributed by atoms with van der Waals surface area (Å²) >= 11 is 1.39. The molecule has 0 aliphatic rings. The predicted octanol–water partition coefficient (Wildman–Crippen LogP) is 4.60. The summed E-state index contributed by atoms with van der Waals surface area (Å²) in [6, 6.07) is 21.3. The van der Waals surface area contributed by atoms with Gasteiger partial charge < -0.3 is 4.57 Å². The molecule has 0 radical (unpaired) electrons. The maximum atomic E-state index is 13.2. The smallest absolute Gasteiger partial charge is 0.279 e. The second kappa shape index (κ2) is 10.4. The van der Waals surface area contributed by atoms with Crippen LogP contribution in [0.5, 0.6) is 0 Å². The molecule has 0 spiro atoms. The molecular formula is C27H25N3O3S2. The molecule has 1 amide bonds. The summed E-state index contributed by atoms with van der Waals surface area (Å²) in [7, 11) is -3.72. The van der Waals surface area contributed by atoms with Gasteiger partial charge in [0.15, 0.2) is 4.80 Å². The van der Waals surface area contributed by atoms with Gasteiger partial charge in [0.2, 0.25) is 10.0 Å². The number of rotatable bonds is 7. The molecule has 0 aliphatic heterocycles. The maximum absolute atomic E-state index is 13.2. The minimum Gasteiger partial charge on any atom is -0.305 e. The lowest BCUT2D eigenvalue weighted by molar-refractivity contribution is 0.0998. The Morgan fingerprint density at radius 3 is 2.46 bits per heavy atom. The van der Waals surface area contributed by atoms with Crippen molar-refractivity contribution in [2.75, 3.05) is 6.54 Å². The van der Waals surface area contributed by atoms with Crippen LogP contribution < -0.4 is 4.80 Å². The van der Waals surface area contributed by atoms with Crippen LogP contribution in [-0.2, 0) is 23.1 Å². The van der Waals surface area contributed by atoms with E-state index < -0.39 is 15.9 Å². The Labute approximate surface area is 209 Å². The number of thiazole rings is 1. The van der Waals surface area contributed by atoms with E-state index in [0.717, 1.165) is 21.3 Å². The lowest BCUT2D eigenvalue weighted by Gasteiger charge is -2.20. The van der Waals surface area contributed by atoms with E-state index in [9.17, 15) is 13.2 Å². The first kappa shape index (κ1) is 24.6. The van der Waals surface area contributed by atoms with Crippen molar-refractivity contribution < 1.29 is 13.2 Å². The number of carbonyl (C=O) groups is 1. The van der Waals surface area contributed by atoms with Crippen molar-refractivity contribution in [1.82, 2.24) is 8.87 Å². The SMILES string of the molecule is C#CCn1c(=NC(=O)c2ccc(S(=O)(=O)N(CC)Cc3ccccc3)cc2)sc2cc(C)ccc21. The number of sulfonamides is 1. The van der Waals surface area contributed by atoms with Crippen LogP contribution in [0.4, 0.5) is 0 Å². The third-order valence-corrected chi connectivity index (χ3v) is 8.55. The number of terminal acetylenes is 1. The number of hydrogen-bond donors (Lipinski definition) is 0. The van der Waals surface area contributed by atoms with Gasteiger partial charge in [0, 0.05) is 18.7 Å². The molecule has 4 aromatic rings. The van der Waals surface area contributed by atoms with E-state index in [1.165, 1.54) is 39.9 Å². The minimum absolute atomic E-state index is 0.131. The first-order valence-corrected chi connectivity index (χ1v) is 13.4. The van der Waals surface area contributed by atoms with Gasteiger partial charge in [-0.05, 0) is 54.4 Å². The Morgan fingerprint density at radius 1 is 1.09 bits per heavy atom. The van der Waals surface area contributed by atoms with Crippen LogP contribution in [0, 0.1) is 19.3 Å². The molecule has 0 saturated carbocycles. The first-order valence-electron chi connectivity index (χ1n) is 11.1. The Balaban J connectivity index is 1.62. The lowest BCUT2D eigenvalue weighted by atomic mass is 10.2. The van der Waals surface area contributed by atoms with Gasteiger partial charge in [-0.25, -0.2) is 8.42 Å². The number of aryl methyl sites for hydroxylation is 1. The highest BCUT2D eigenvalue weighted by Crippen LogP contribution is 2.21. The van der Waals surface area contributed by atoms with E-state index in [2.05, 4.69) is 10.9 Å². The molecule has 0 fully saturated rings. The Hall–Kier alpha value is -3.51. The fourth-order valence-electron chi connectivity index (χ4n) is 3.73. The summed E-state index contributed by atoms with van der Waals surface area (Å²) < 4.78 is 30.6. The summed E-state index contributed by atoms with van der Waals surface area (Å²) in [5.74, 6) is 2.16. The van der Waals surface area contributed by atoms with Gasteiger partial charge in [-0.3, -0.25) is 4.79 Å². The second-order valence-corrected chi connectivity index (χ2v) is 11.0. The van der Waals surface area contributed by atoms with E-state index >= 15 is 0 Å². The third kappa shape index (κ3) is 5.28. The normalized spacial score (nSPS) is 12.2. The van der Waals surface area contributed by atoms with Gasteiger partial charge in [0.25, 0.3) is 5.91 Å². The number of benzene rings is 3. The van der Waals surface area contributed by atoms with Gasteiger partial charge in [-0.15, -0.1) is 6.42 Å². The van der Waals surface area contributed by atoms with Crippen LogP contribution in [0.1, 0.15) is 28.4 Å². The standard InChI is InChI=1S/C27H25N3O3S2/c1-4-17-30-24-16-11-20(3)18-25(24)34-27(30)28-26(31)22-12-14-23(15-13-22)35(32,33)29(5-2)19-21-9-7-6-8-10-21/h1,6-16,18H,5,17,19H2,2-3H3. The van der Waals surface area contributed by atoms with Crippen molar-refractivity contribution in [3.63, 3.8) is 0 Å². The van der Waals surface area contributed by atoms with E-state index in [4.69, 9.17) is 6.42 Å². The third-order valence-electron chi connectivity index (χ3n) is 5.58. The van der Waals surface area contributed by atoms with Crippen LogP contribution in [0.3, 0.4) is 0 Å². The monoisotopic (exact) mass is 503 g/mol. The van der Waals surface area contributed by atoms with Crippen LogP contribution >= 0.6 is 11.3 Å². The van der Waals surface area contributed by atoms with Gasteiger partial charge in [-0.2, -0.15) is 9.30 Å². The zero-order chi connectivity index (χ0) is 25.0. The van der Waals surface area contributed by atoms with Crippen molar-refractivity contribution in [2.24, 2.45) is 4.99 Å². The number of carbonyl (C=O) groups excluding carboxylic acids is 1. The molecule has 3 aromatic carbocycles. The molecule has 0 aliphatic carbocycles. The minimum atomic E-state index is -3.72.